The molecule has 120 valence electrons. The quantitative estimate of drug-likeness (QED) is 0.858. The van der Waals surface area contributed by atoms with Crippen LogP contribution in [0.4, 0.5) is 13.2 Å². The van der Waals surface area contributed by atoms with E-state index in [0.29, 0.717) is 12.5 Å². The molecule has 0 aromatic heterocycles. The Balaban J connectivity index is 2.95. The van der Waals surface area contributed by atoms with Crippen LogP contribution in [0.2, 0.25) is 0 Å². The lowest BCUT2D eigenvalue weighted by molar-refractivity contribution is -0.138. The summed E-state index contributed by atoms with van der Waals surface area (Å²) in [5.41, 5.74) is 5.60. The minimum Gasteiger partial charge on any atom is -0.323 e. The molecular weight excluding hydrogens is 277 g/mol. The summed E-state index contributed by atoms with van der Waals surface area (Å²) in [6, 6.07) is 5.17. The molecule has 0 aliphatic rings. The zero-order chi connectivity index (χ0) is 16.2. The van der Waals surface area contributed by atoms with E-state index in [4.69, 9.17) is 5.73 Å². The molecule has 0 radical (unpaired) electrons. The number of benzene rings is 1. The monoisotopic (exact) mass is 302 g/mol. The third kappa shape index (κ3) is 5.32. The van der Waals surface area contributed by atoms with Gasteiger partial charge in [-0.3, -0.25) is 4.90 Å². The van der Waals surface area contributed by atoms with Crippen molar-refractivity contribution in [3.63, 3.8) is 0 Å². The van der Waals surface area contributed by atoms with Crippen LogP contribution in [0.5, 0.6) is 0 Å². The summed E-state index contributed by atoms with van der Waals surface area (Å²) in [6.45, 7) is 9.48. The molecule has 5 heteroatoms. The molecule has 0 spiro atoms. The Bertz CT molecular complexity index is 441. The largest absolute Gasteiger partial charge is 0.416 e. The molecular formula is C16H25F3N2. The van der Waals surface area contributed by atoms with Crippen molar-refractivity contribution in [1.82, 2.24) is 4.90 Å². The second-order valence-corrected chi connectivity index (χ2v) is 6.13. The van der Waals surface area contributed by atoms with Crippen LogP contribution >= 0.6 is 0 Å². The van der Waals surface area contributed by atoms with E-state index in [0.717, 1.165) is 12.6 Å². The van der Waals surface area contributed by atoms with Gasteiger partial charge in [-0.15, -0.1) is 0 Å². The highest BCUT2D eigenvalue weighted by atomic mass is 19.4. The van der Waals surface area contributed by atoms with Gasteiger partial charge in [-0.25, -0.2) is 0 Å². The minimum absolute atomic E-state index is 0.166. The summed E-state index contributed by atoms with van der Waals surface area (Å²) in [6.07, 6.45) is -4.37. The minimum atomic E-state index is -4.37. The first-order valence-corrected chi connectivity index (χ1v) is 7.28. The summed E-state index contributed by atoms with van der Waals surface area (Å²) in [5.74, 6) is 0.442. The van der Waals surface area contributed by atoms with Crippen LogP contribution in [0.25, 0.3) is 0 Å². The van der Waals surface area contributed by atoms with Gasteiger partial charge in [0.1, 0.15) is 0 Å². The van der Waals surface area contributed by atoms with Gasteiger partial charge < -0.3 is 5.73 Å². The lowest BCUT2D eigenvalue weighted by Crippen LogP contribution is -2.39. The number of hydrogen-bond acceptors (Lipinski definition) is 2. The highest BCUT2D eigenvalue weighted by molar-refractivity contribution is 5.32. The van der Waals surface area contributed by atoms with E-state index in [2.05, 4.69) is 18.7 Å². The summed E-state index contributed by atoms with van der Waals surface area (Å²) in [4.78, 5) is 2.13. The van der Waals surface area contributed by atoms with Gasteiger partial charge in [-0.2, -0.15) is 13.2 Å². The van der Waals surface area contributed by atoms with E-state index in [9.17, 15) is 13.2 Å². The Morgan fingerprint density at radius 3 is 2.10 bits per heavy atom. The van der Waals surface area contributed by atoms with Gasteiger partial charge >= 0.3 is 6.18 Å². The molecule has 0 amide bonds. The van der Waals surface area contributed by atoms with Crippen LogP contribution in [-0.2, 0) is 6.18 Å². The van der Waals surface area contributed by atoms with Crippen LogP contribution in [-0.4, -0.2) is 24.0 Å². The second kappa shape index (κ2) is 7.27. The van der Waals surface area contributed by atoms with Crippen molar-refractivity contribution >= 4 is 0 Å². The molecule has 0 aliphatic heterocycles. The number of hydrogen-bond donors (Lipinski definition) is 1. The molecule has 2 N–H and O–H groups in total. The summed E-state index contributed by atoms with van der Waals surface area (Å²) >= 11 is 0. The molecule has 0 bridgehead atoms. The van der Waals surface area contributed by atoms with Crippen molar-refractivity contribution in [2.45, 2.75) is 46.0 Å². The zero-order valence-electron chi connectivity index (χ0n) is 13.1. The van der Waals surface area contributed by atoms with Crippen molar-refractivity contribution in [1.29, 1.82) is 0 Å². The second-order valence-electron chi connectivity index (χ2n) is 6.13. The standard InChI is InChI=1S/C16H25F3N2/c1-11(2)9-21(12(3)4)10-15(20)13-7-5-6-8-14(13)16(17,18)19/h5-8,11-12,15H,9-10,20H2,1-4H3. The van der Waals surface area contributed by atoms with E-state index in [1.54, 1.807) is 6.07 Å². The van der Waals surface area contributed by atoms with E-state index in [1.807, 2.05) is 13.8 Å². The molecule has 0 aliphatic carbocycles. The maximum absolute atomic E-state index is 13.0. The number of nitrogens with zero attached hydrogens (tertiary/aromatic N) is 1. The molecule has 21 heavy (non-hydrogen) atoms. The Labute approximate surface area is 125 Å². The fourth-order valence-electron chi connectivity index (χ4n) is 2.39. The SMILES string of the molecule is CC(C)CN(CC(N)c1ccccc1C(F)(F)F)C(C)C. The first kappa shape index (κ1) is 18.0. The molecule has 1 aromatic rings. The van der Waals surface area contributed by atoms with Gasteiger partial charge in [-0.1, -0.05) is 32.0 Å². The van der Waals surface area contributed by atoms with Crippen LogP contribution in [0.3, 0.4) is 0 Å². The average molecular weight is 302 g/mol. The van der Waals surface area contributed by atoms with Gasteiger partial charge in [0.05, 0.1) is 5.56 Å². The van der Waals surface area contributed by atoms with E-state index in [1.165, 1.54) is 12.1 Å². The number of nitrogens with two attached hydrogens (primary N) is 1. The molecule has 0 fully saturated rings. The molecule has 1 atom stereocenters. The highest BCUT2D eigenvalue weighted by Gasteiger charge is 2.34. The Morgan fingerprint density at radius 2 is 1.62 bits per heavy atom. The lowest BCUT2D eigenvalue weighted by atomic mass is 9.99. The van der Waals surface area contributed by atoms with Crippen molar-refractivity contribution in [3.05, 3.63) is 35.4 Å². The van der Waals surface area contributed by atoms with E-state index < -0.39 is 17.8 Å². The van der Waals surface area contributed by atoms with Gasteiger partial charge in [0.15, 0.2) is 0 Å². The molecule has 1 unspecified atom stereocenters. The van der Waals surface area contributed by atoms with E-state index >= 15 is 0 Å². The molecule has 0 heterocycles. The highest BCUT2D eigenvalue weighted by Crippen LogP contribution is 2.34. The lowest BCUT2D eigenvalue weighted by Gasteiger charge is -2.31. The molecule has 1 rings (SSSR count). The fraction of sp³-hybridized carbons (Fsp3) is 0.625. The van der Waals surface area contributed by atoms with Gasteiger partial charge in [0, 0.05) is 25.2 Å². The topological polar surface area (TPSA) is 29.3 Å². The Hall–Kier alpha value is -1.07. The van der Waals surface area contributed by atoms with Crippen molar-refractivity contribution in [2.75, 3.05) is 13.1 Å². The molecule has 0 saturated carbocycles. The van der Waals surface area contributed by atoms with Crippen LogP contribution < -0.4 is 5.73 Å². The number of rotatable bonds is 6. The van der Waals surface area contributed by atoms with Crippen LogP contribution in [0.15, 0.2) is 24.3 Å². The van der Waals surface area contributed by atoms with Gasteiger partial charge in [0.2, 0.25) is 0 Å². The first-order chi connectivity index (χ1) is 9.62. The average Bonchev–Trinajstić information content (AvgIpc) is 2.36. The van der Waals surface area contributed by atoms with Gasteiger partial charge in [-0.05, 0) is 31.4 Å². The normalized spacial score (nSPS) is 14.2. The zero-order valence-corrected chi connectivity index (χ0v) is 13.1. The fourth-order valence-corrected chi connectivity index (χ4v) is 2.39. The third-order valence-corrected chi connectivity index (χ3v) is 3.43. The Morgan fingerprint density at radius 1 is 1.05 bits per heavy atom. The van der Waals surface area contributed by atoms with Crippen molar-refractivity contribution in [3.8, 4) is 0 Å². The van der Waals surface area contributed by atoms with Gasteiger partial charge in [0.25, 0.3) is 0 Å². The number of alkyl halides is 3. The van der Waals surface area contributed by atoms with Crippen LogP contribution in [0, 0.1) is 5.92 Å². The molecule has 0 saturated heterocycles. The van der Waals surface area contributed by atoms with Crippen molar-refractivity contribution < 1.29 is 13.2 Å². The predicted molar refractivity (Wildman–Crippen MR) is 79.9 cm³/mol. The van der Waals surface area contributed by atoms with Crippen LogP contribution in [0.1, 0.15) is 44.9 Å². The smallest absolute Gasteiger partial charge is 0.323 e. The Kier molecular flexibility index (Phi) is 6.23. The summed E-state index contributed by atoms with van der Waals surface area (Å²) < 4.78 is 39.1. The third-order valence-electron chi connectivity index (χ3n) is 3.43. The molecule has 1 aromatic carbocycles. The maximum atomic E-state index is 13.0. The first-order valence-electron chi connectivity index (χ1n) is 7.28. The predicted octanol–water partition coefficient (Wildman–Crippen LogP) is 4.07. The summed E-state index contributed by atoms with van der Waals surface area (Å²) in [5, 5.41) is 0. The number of halogens is 3. The maximum Gasteiger partial charge on any atom is 0.416 e. The van der Waals surface area contributed by atoms with Crippen molar-refractivity contribution in [2.24, 2.45) is 11.7 Å². The summed E-state index contributed by atoms with van der Waals surface area (Å²) in [7, 11) is 0. The van der Waals surface area contributed by atoms with E-state index in [-0.39, 0.29) is 11.6 Å². The molecule has 2 nitrogen and oxygen atoms in total.